The lowest BCUT2D eigenvalue weighted by Gasteiger charge is -2.18. The number of rotatable bonds is 7. The smallest absolute Gasteiger partial charge is 0.305 e. The maximum absolute atomic E-state index is 12.4. The number of carbonyl (C=O) groups excluding carboxylic acids is 1. The highest BCUT2D eigenvalue weighted by Crippen LogP contribution is 2.21. The average Bonchev–Trinajstić information content (AvgIpc) is 2.61. The first-order chi connectivity index (χ1) is 11.9. The molecule has 2 aromatic carbocycles. The van der Waals surface area contributed by atoms with Gasteiger partial charge < -0.3 is 15.2 Å². The van der Waals surface area contributed by atoms with Crippen molar-refractivity contribution in [1.29, 1.82) is 0 Å². The van der Waals surface area contributed by atoms with Gasteiger partial charge in [0.2, 0.25) is 0 Å². The van der Waals surface area contributed by atoms with E-state index in [0.29, 0.717) is 11.3 Å². The third kappa shape index (κ3) is 4.77. The van der Waals surface area contributed by atoms with Crippen LogP contribution in [0, 0.1) is 10.1 Å². The minimum Gasteiger partial charge on any atom is -0.497 e. The number of non-ortho nitro benzene ring substituents is 1. The molecule has 8 heteroatoms. The van der Waals surface area contributed by atoms with Gasteiger partial charge in [-0.25, -0.2) is 0 Å². The van der Waals surface area contributed by atoms with E-state index in [9.17, 15) is 19.7 Å². The van der Waals surface area contributed by atoms with E-state index in [2.05, 4.69) is 5.32 Å². The van der Waals surface area contributed by atoms with Crippen molar-refractivity contribution in [2.75, 3.05) is 7.11 Å². The quantitative estimate of drug-likeness (QED) is 0.588. The Labute approximate surface area is 143 Å². The summed E-state index contributed by atoms with van der Waals surface area (Å²) in [5.41, 5.74) is 0.451. The third-order valence-corrected chi connectivity index (χ3v) is 3.52. The summed E-state index contributed by atoms with van der Waals surface area (Å²) in [6.07, 6.45) is -0.326. The van der Waals surface area contributed by atoms with E-state index in [4.69, 9.17) is 9.84 Å². The fourth-order valence-electron chi connectivity index (χ4n) is 2.27. The molecule has 1 amide bonds. The van der Waals surface area contributed by atoms with Gasteiger partial charge in [0.05, 0.1) is 24.5 Å². The SMILES string of the molecule is COc1ccc([C@H](CC(=O)O)NC(=O)c2cccc([N+](=O)[O-])c2)cc1. The largest absolute Gasteiger partial charge is 0.497 e. The number of amides is 1. The number of benzene rings is 2. The Hall–Kier alpha value is -3.42. The molecule has 0 radical (unpaired) electrons. The lowest BCUT2D eigenvalue weighted by Crippen LogP contribution is -2.30. The summed E-state index contributed by atoms with van der Waals surface area (Å²) < 4.78 is 5.05. The van der Waals surface area contributed by atoms with Crippen LogP contribution in [0.2, 0.25) is 0 Å². The predicted octanol–water partition coefficient (Wildman–Crippen LogP) is 2.55. The van der Waals surface area contributed by atoms with Crippen LogP contribution in [0.3, 0.4) is 0 Å². The standard InChI is InChI=1S/C17H16N2O6/c1-25-14-7-5-11(6-8-14)15(10-16(20)21)18-17(22)12-3-2-4-13(9-12)19(23)24/h2-9,15H,10H2,1H3,(H,18,22)(H,20,21)/t15-/m0/s1. The number of aliphatic carboxylic acids is 1. The van der Waals surface area contributed by atoms with Crippen LogP contribution in [0.1, 0.15) is 28.4 Å². The first kappa shape index (κ1) is 17.9. The molecule has 0 aliphatic carbocycles. The summed E-state index contributed by atoms with van der Waals surface area (Å²) in [5.74, 6) is -1.08. The molecule has 2 aromatic rings. The van der Waals surface area contributed by atoms with Crippen LogP contribution in [0.4, 0.5) is 5.69 Å². The maximum atomic E-state index is 12.4. The number of hydrogen-bond donors (Lipinski definition) is 2. The van der Waals surface area contributed by atoms with Gasteiger partial charge in [-0.2, -0.15) is 0 Å². The molecule has 0 saturated carbocycles. The first-order valence-corrected chi connectivity index (χ1v) is 7.31. The van der Waals surface area contributed by atoms with Gasteiger partial charge in [-0.15, -0.1) is 0 Å². The van der Waals surface area contributed by atoms with E-state index in [1.165, 1.54) is 25.3 Å². The molecule has 0 saturated heterocycles. The lowest BCUT2D eigenvalue weighted by molar-refractivity contribution is -0.384. The number of nitrogens with one attached hydrogen (secondary N) is 1. The topological polar surface area (TPSA) is 119 Å². The molecular formula is C17H16N2O6. The number of hydrogen-bond acceptors (Lipinski definition) is 5. The molecular weight excluding hydrogens is 328 g/mol. The number of nitrogens with zero attached hydrogens (tertiary/aromatic N) is 1. The second kappa shape index (κ2) is 7.91. The van der Waals surface area contributed by atoms with Gasteiger partial charge in [-0.3, -0.25) is 19.7 Å². The van der Waals surface area contributed by atoms with Crippen molar-refractivity contribution >= 4 is 17.6 Å². The van der Waals surface area contributed by atoms with E-state index < -0.39 is 22.8 Å². The number of carboxylic acid groups (broad SMARTS) is 1. The van der Waals surface area contributed by atoms with Crippen LogP contribution in [-0.4, -0.2) is 29.0 Å². The van der Waals surface area contributed by atoms with E-state index in [1.807, 2.05) is 0 Å². The van der Waals surface area contributed by atoms with Crippen molar-refractivity contribution in [2.45, 2.75) is 12.5 Å². The van der Waals surface area contributed by atoms with E-state index >= 15 is 0 Å². The summed E-state index contributed by atoms with van der Waals surface area (Å²) >= 11 is 0. The van der Waals surface area contributed by atoms with E-state index in [0.717, 1.165) is 6.07 Å². The Morgan fingerprint density at radius 1 is 1.24 bits per heavy atom. The molecule has 0 heterocycles. The summed E-state index contributed by atoms with van der Waals surface area (Å²) in [4.78, 5) is 33.7. The van der Waals surface area contributed by atoms with Crippen LogP contribution in [0.5, 0.6) is 5.75 Å². The number of nitro groups is 1. The fourth-order valence-corrected chi connectivity index (χ4v) is 2.27. The van der Waals surface area contributed by atoms with Crippen LogP contribution < -0.4 is 10.1 Å². The number of nitro benzene ring substituents is 1. The van der Waals surface area contributed by atoms with Crippen LogP contribution >= 0.6 is 0 Å². The van der Waals surface area contributed by atoms with Gasteiger partial charge in [0.15, 0.2) is 0 Å². The Morgan fingerprint density at radius 2 is 1.92 bits per heavy atom. The Bertz CT molecular complexity index is 788. The lowest BCUT2D eigenvalue weighted by atomic mass is 10.0. The highest BCUT2D eigenvalue weighted by molar-refractivity contribution is 5.95. The molecule has 0 fully saturated rings. The van der Waals surface area contributed by atoms with E-state index in [1.54, 1.807) is 24.3 Å². The monoisotopic (exact) mass is 344 g/mol. The van der Waals surface area contributed by atoms with Crippen molar-refractivity contribution in [1.82, 2.24) is 5.32 Å². The Kier molecular flexibility index (Phi) is 5.67. The molecule has 0 aromatic heterocycles. The Morgan fingerprint density at radius 3 is 2.48 bits per heavy atom. The normalized spacial score (nSPS) is 11.4. The van der Waals surface area contributed by atoms with Crippen molar-refractivity contribution in [3.8, 4) is 5.75 Å². The molecule has 2 N–H and O–H groups in total. The second-order valence-corrected chi connectivity index (χ2v) is 5.20. The van der Waals surface area contributed by atoms with Gasteiger partial charge in [-0.05, 0) is 23.8 Å². The molecule has 25 heavy (non-hydrogen) atoms. The number of methoxy groups -OCH3 is 1. The fraction of sp³-hybridized carbons (Fsp3) is 0.176. The second-order valence-electron chi connectivity index (χ2n) is 5.20. The predicted molar refractivity (Wildman–Crippen MR) is 88.6 cm³/mol. The highest BCUT2D eigenvalue weighted by Gasteiger charge is 2.20. The number of ether oxygens (including phenoxy) is 1. The molecule has 0 bridgehead atoms. The van der Waals surface area contributed by atoms with E-state index in [-0.39, 0.29) is 17.7 Å². The molecule has 8 nitrogen and oxygen atoms in total. The zero-order valence-electron chi connectivity index (χ0n) is 13.3. The van der Waals surface area contributed by atoms with Gasteiger partial charge in [0, 0.05) is 17.7 Å². The zero-order valence-corrected chi connectivity index (χ0v) is 13.3. The van der Waals surface area contributed by atoms with Crippen LogP contribution in [0.25, 0.3) is 0 Å². The number of carbonyl (C=O) groups is 2. The van der Waals surface area contributed by atoms with Crippen molar-refractivity contribution < 1.29 is 24.4 Å². The summed E-state index contributed by atoms with van der Waals surface area (Å²) in [6.45, 7) is 0. The molecule has 0 aliphatic rings. The third-order valence-electron chi connectivity index (χ3n) is 3.52. The molecule has 1 atom stereocenters. The summed E-state index contributed by atoms with van der Waals surface area (Å²) in [6, 6.07) is 11.1. The zero-order chi connectivity index (χ0) is 18.4. The molecule has 0 spiro atoms. The minimum absolute atomic E-state index is 0.0816. The molecule has 0 aliphatic heterocycles. The van der Waals surface area contributed by atoms with Gasteiger partial charge in [-0.1, -0.05) is 18.2 Å². The first-order valence-electron chi connectivity index (χ1n) is 7.31. The van der Waals surface area contributed by atoms with Gasteiger partial charge in [0.1, 0.15) is 5.75 Å². The molecule has 0 unspecified atom stereocenters. The van der Waals surface area contributed by atoms with Crippen LogP contribution in [-0.2, 0) is 4.79 Å². The highest BCUT2D eigenvalue weighted by atomic mass is 16.6. The Balaban J connectivity index is 2.23. The molecule has 2 rings (SSSR count). The van der Waals surface area contributed by atoms with Crippen molar-refractivity contribution in [3.63, 3.8) is 0 Å². The number of carboxylic acids is 1. The molecule has 130 valence electrons. The van der Waals surface area contributed by atoms with Gasteiger partial charge >= 0.3 is 5.97 Å². The minimum atomic E-state index is -1.08. The average molecular weight is 344 g/mol. The summed E-state index contributed by atoms with van der Waals surface area (Å²) in [5, 5.41) is 22.5. The van der Waals surface area contributed by atoms with Crippen molar-refractivity contribution in [2.24, 2.45) is 0 Å². The van der Waals surface area contributed by atoms with Gasteiger partial charge in [0.25, 0.3) is 11.6 Å². The summed E-state index contributed by atoms with van der Waals surface area (Å²) in [7, 11) is 1.51. The van der Waals surface area contributed by atoms with Crippen molar-refractivity contribution in [3.05, 3.63) is 69.8 Å². The van der Waals surface area contributed by atoms with Crippen LogP contribution in [0.15, 0.2) is 48.5 Å². The maximum Gasteiger partial charge on any atom is 0.305 e.